The van der Waals surface area contributed by atoms with Gasteiger partial charge in [-0.05, 0) is 72.7 Å². The average molecular weight is 526 g/mol. The van der Waals surface area contributed by atoms with Crippen LogP contribution in [0, 0.1) is 12.8 Å². The number of carbonyl (C=O) groups is 2. The van der Waals surface area contributed by atoms with E-state index in [4.69, 9.17) is 16.3 Å². The molecule has 36 heavy (non-hydrogen) atoms. The molecule has 0 spiro atoms. The van der Waals surface area contributed by atoms with Crippen molar-refractivity contribution in [1.29, 1.82) is 0 Å². The van der Waals surface area contributed by atoms with Gasteiger partial charge >= 0.3 is 6.03 Å². The Labute approximate surface area is 221 Å². The summed E-state index contributed by atoms with van der Waals surface area (Å²) in [6.07, 6.45) is 0.802. The Hall–Kier alpha value is -3.03. The summed E-state index contributed by atoms with van der Waals surface area (Å²) >= 11 is 7.71. The van der Waals surface area contributed by atoms with E-state index in [1.807, 2.05) is 62.1 Å². The van der Waals surface area contributed by atoms with Gasteiger partial charge in [-0.2, -0.15) is 0 Å². The van der Waals surface area contributed by atoms with Crippen LogP contribution in [0.3, 0.4) is 0 Å². The van der Waals surface area contributed by atoms with E-state index in [1.54, 1.807) is 28.4 Å². The van der Waals surface area contributed by atoms with Gasteiger partial charge in [0, 0.05) is 28.7 Å². The van der Waals surface area contributed by atoms with Crippen molar-refractivity contribution in [3.05, 3.63) is 81.0 Å². The number of fused-ring (bicyclic) bond motifs is 1. The highest BCUT2D eigenvalue weighted by Gasteiger charge is 2.33. The maximum atomic E-state index is 13.6. The largest absolute Gasteiger partial charge is 0.491 e. The van der Waals surface area contributed by atoms with Crippen LogP contribution in [-0.4, -0.2) is 48.0 Å². The van der Waals surface area contributed by atoms with Gasteiger partial charge < -0.3 is 19.9 Å². The first-order valence-electron chi connectivity index (χ1n) is 12.2. The number of ether oxygens (including phenoxy) is 1. The number of aryl methyl sites for hydroxylation is 1. The summed E-state index contributed by atoms with van der Waals surface area (Å²) in [4.78, 5) is 31.5. The summed E-state index contributed by atoms with van der Waals surface area (Å²) in [6, 6.07) is 16.4. The molecule has 1 aliphatic rings. The molecule has 190 valence electrons. The van der Waals surface area contributed by atoms with Crippen LogP contribution in [0.4, 0.5) is 10.5 Å². The number of nitrogens with zero attached hydrogens (tertiary/aromatic N) is 2. The molecule has 0 saturated heterocycles. The number of hydrogen-bond donors (Lipinski definition) is 1. The molecule has 3 amide bonds. The van der Waals surface area contributed by atoms with Gasteiger partial charge in [-0.25, -0.2) is 4.79 Å². The number of amides is 3. The molecular weight excluding hydrogens is 494 g/mol. The number of thiophene rings is 1. The molecule has 2 aromatic carbocycles. The van der Waals surface area contributed by atoms with Gasteiger partial charge in [-0.3, -0.25) is 4.79 Å². The number of nitrogens with one attached hydrogen (secondary N) is 1. The smallest absolute Gasteiger partial charge is 0.322 e. The molecule has 2 heterocycles. The van der Waals surface area contributed by atoms with Crippen LogP contribution in [0.1, 0.15) is 35.9 Å². The molecular formula is C28H32ClN3O3S. The second kappa shape index (κ2) is 11.8. The second-order valence-corrected chi connectivity index (χ2v) is 10.9. The molecule has 8 heteroatoms. The third-order valence-corrected chi connectivity index (χ3v) is 7.39. The highest BCUT2D eigenvalue weighted by Crippen LogP contribution is 2.34. The van der Waals surface area contributed by atoms with Gasteiger partial charge in [0.1, 0.15) is 18.9 Å². The number of halogens is 1. The van der Waals surface area contributed by atoms with Crippen molar-refractivity contribution in [2.75, 3.05) is 31.6 Å². The van der Waals surface area contributed by atoms with Crippen molar-refractivity contribution in [3.63, 3.8) is 0 Å². The summed E-state index contributed by atoms with van der Waals surface area (Å²) < 4.78 is 6.07. The first kappa shape index (κ1) is 26.0. The van der Waals surface area contributed by atoms with Gasteiger partial charge in [-0.1, -0.05) is 43.1 Å². The van der Waals surface area contributed by atoms with Crippen molar-refractivity contribution in [1.82, 2.24) is 9.80 Å². The fraction of sp³-hybridized carbons (Fsp3) is 0.357. The summed E-state index contributed by atoms with van der Waals surface area (Å²) in [6.45, 7) is 7.49. The fourth-order valence-electron chi connectivity index (χ4n) is 4.33. The number of urea groups is 1. The molecule has 0 fully saturated rings. The van der Waals surface area contributed by atoms with Crippen LogP contribution in [0.25, 0.3) is 0 Å². The first-order valence-corrected chi connectivity index (χ1v) is 13.4. The zero-order valence-electron chi connectivity index (χ0n) is 20.9. The van der Waals surface area contributed by atoms with Crippen molar-refractivity contribution in [2.45, 2.75) is 33.2 Å². The first-order chi connectivity index (χ1) is 17.3. The van der Waals surface area contributed by atoms with Gasteiger partial charge in [0.2, 0.25) is 5.91 Å². The van der Waals surface area contributed by atoms with Crippen LogP contribution in [0.5, 0.6) is 5.75 Å². The number of carbonyl (C=O) groups excluding carboxylic acids is 2. The molecule has 1 aromatic heterocycles. The lowest BCUT2D eigenvalue weighted by molar-refractivity contribution is -0.135. The standard InChI is InChI=1S/C28H32ClN3O3S/c1-19(2)16-31(28(34)30-22-8-4-20(3)5-9-22)17-27(33)32-14-12-26-24(13-15-36-26)25(32)18-35-23-10-6-21(29)7-11-23/h4-11,13,15,19,25H,12,14,16-18H2,1-3H3,(H,30,34). The molecule has 0 saturated carbocycles. The van der Waals surface area contributed by atoms with Crippen LogP contribution in [0.15, 0.2) is 60.0 Å². The summed E-state index contributed by atoms with van der Waals surface area (Å²) in [5, 5.41) is 5.65. The van der Waals surface area contributed by atoms with E-state index in [1.165, 1.54) is 4.88 Å². The Balaban J connectivity index is 1.48. The van der Waals surface area contributed by atoms with Crippen molar-refractivity contribution in [2.24, 2.45) is 5.92 Å². The van der Waals surface area contributed by atoms with Crippen molar-refractivity contribution < 1.29 is 14.3 Å². The van der Waals surface area contributed by atoms with Crippen molar-refractivity contribution >= 4 is 40.6 Å². The van der Waals surface area contributed by atoms with Gasteiger partial charge in [0.05, 0.1) is 6.04 Å². The summed E-state index contributed by atoms with van der Waals surface area (Å²) in [7, 11) is 0. The Morgan fingerprint density at radius 2 is 1.86 bits per heavy atom. The zero-order valence-corrected chi connectivity index (χ0v) is 22.4. The lowest BCUT2D eigenvalue weighted by Crippen LogP contribution is -2.49. The molecule has 0 radical (unpaired) electrons. The fourth-order valence-corrected chi connectivity index (χ4v) is 5.39. The quantitative estimate of drug-likeness (QED) is 0.370. The van der Waals surface area contributed by atoms with E-state index in [-0.39, 0.29) is 30.4 Å². The molecule has 4 rings (SSSR count). The predicted octanol–water partition coefficient (Wildman–Crippen LogP) is 6.40. The number of hydrogen-bond acceptors (Lipinski definition) is 4. The summed E-state index contributed by atoms with van der Waals surface area (Å²) in [5.41, 5.74) is 2.95. The second-order valence-electron chi connectivity index (χ2n) is 9.49. The molecule has 3 aromatic rings. The zero-order chi connectivity index (χ0) is 25.7. The maximum absolute atomic E-state index is 13.6. The SMILES string of the molecule is Cc1ccc(NC(=O)N(CC(=O)N2CCc3sccc3C2COc2ccc(Cl)cc2)CC(C)C)cc1. The van der Waals surface area contributed by atoms with Crippen LogP contribution in [0.2, 0.25) is 5.02 Å². The van der Waals surface area contributed by atoms with E-state index in [2.05, 4.69) is 16.8 Å². The maximum Gasteiger partial charge on any atom is 0.322 e. The topological polar surface area (TPSA) is 61.9 Å². The predicted molar refractivity (Wildman–Crippen MR) is 146 cm³/mol. The van der Waals surface area contributed by atoms with Crippen LogP contribution < -0.4 is 10.1 Å². The Morgan fingerprint density at radius 1 is 1.14 bits per heavy atom. The Kier molecular flexibility index (Phi) is 8.54. The van der Waals surface area contributed by atoms with E-state index >= 15 is 0 Å². The number of anilines is 1. The Bertz CT molecular complexity index is 1180. The minimum Gasteiger partial charge on any atom is -0.491 e. The van der Waals surface area contributed by atoms with E-state index < -0.39 is 0 Å². The van der Waals surface area contributed by atoms with E-state index in [0.717, 1.165) is 17.5 Å². The van der Waals surface area contributed by atoms with Crippen LogP contribution >= 0.6 is 22.9 Å². The van der Waals surface area contributed by atoms with Crippen molar-refractivity contribution in [3.8, 4) is 5.75 Å². The molecule has 1 atom stereocenters. The highest BCUT2D eigenvalue weighted by molar-refractivity contribution is 7.10. The minimum absolute atomic E-state index is 0.00674. The third-order valence-electron chi connectivity index (χ3n) is 6.14. The highest BCUT2D eigenvalue weighted by atomic mass is 35.5. The monoisotopic (exact) mass is 525 g/mol. The molecule has 1 unspecified atom stereocenters. The third kappa shape index (κ3) is 6.59. The molecule has 1 aliphatic heterocycles. The number of rotatable bonds is 8. The lowest BCUT2D eigenvalue weighted by Gasteiger charge is -2.37. The van der Waals surface area contributed by atoms with E-state index in [0.29, 0.717) is 36.2 Å². The molecule has 1 N–H and O–H groups in total. The Morgan fingerprint density at radius 3 is 2.56 bits per heavy atom. The molecule has 0 bridgehead atoms. The molecule has 6 nitrogen and oxygen atoms in total. The summed E-state index contributed by atoms with van der Waals surface area (Å²) in [5.74, 6) is 0.833. The minimum atomic E-state index is -0.275. The van der Waals surface area contributed by atoms with Gasteiger partial charge in [0.25, 0.3) is 0 Å². The van der Waals surface area contributed by atoms with E-state index in [9.17, 15) is 9.59 Å². The number of benzene rings is 2. The van der Waals surface area contributed by atoms with Crippen LogP contribution in [-0.2, 0) is 11.2 Å². The van der Waals surface area contributed by atoms with Gasteiger partial charge in [-0.15, -0.1) is 11.3 Å². The lowest BCUT2D eigenvalue weighted by atomic mass is 10.0. The average Bonchev–Trinajstić information content (AvgIpc) is 3.33. The molecule has 0 aliphatic carbocycles. The normalized spacial score (nSPS) is 14.9. The van der Waals surface area contributed by atoms with Gasteiger partial charge in [0.15, 0.2) is 0 Å².